The summed E-state index contributed by atoms with van der Waals surface area (Å²) in [6.45, 7) is 18.2. The summed E-state index contributed by atoms with van der Waals surface area (Å²) in [5, 5.41) is 5.29. The van der Waals surface area contributed by atoms with Crippen LogP contribution in [0.5, 0.6) is 0 Å². The van der Waals surface area contributed by atoms with E-state index < -0.39 is 51.8 Å². The van der Waals surface area contributed by atoms with Gasteiger partial charge in [0.25, 0.3) is 5.91 Å². The van der Waals surface area contributed by atoms with Gasteiger partial charge in [-0.05, 0) is 41.4 Å². The van der Waals surface area contributed by atoms with Gasteiger partial charge >= 0.3 is 0 Å². The molecule has 2 fully saturated rings. The third-order valence-electron chi connectivity index (χ3n) is 10.4. The van der Waals surface area contributed by atoms with Crippen molar-refractivity contribution in [2.24, 2.45) is 28.1 Å². The fourth-order valence-electron chi connectivity index (χ4n) is 7.62. The van der Waals surface area contributed by atoms with Gasteiger partial charge in [-0.2, -0.15) is 0 Å². The zero-order valence-electron chi connectivity index (χ0n) is 29.8. The van der Waals surface area contributed by atoms with Crippen molar-refractivity contribution in [3.05, 3.63) is 24.8 Å². The molecule has 2 heterocycles. The Bertz CT molecular complexity index is 1220. The summed E-state index contributed by atoms with van der Waals surface area (Å²) >= 11 is 0. The van der Waals surface area contributed by atoms with E-state index in [0.717, 1.165) is 38.5 Å². The van der Waals surface area contributed by atoms with Crippen molar-refractivity contribution < 1.29 is 28.8 Å². The summed E-state index contributed by atoms with van der Waals surface area (Å²) in [5.74, 6) is -3.54. The van der Waals surface area contributed by atoms with Crippen LogP contribution in [-0.2, 0) is 28.8 Å². The normalized spacial score (nSPS) is 22.7. The Morgan fingerprint density at radius 3 is 2.21 bits per heavy atom. The first-order valence-electron chi connectivity index (χ1n) is 17.5. The molecule has 10 heteroatoms. The van der Waals surface area contributed by atoms with Gasteiger partial charge in [0.15, 0.2) is 0 Å². The molecule has 47 heavy (non-hydrogen) atoms. The van der Waals surface area contributed by atoms with Gasteiger partial charge in [0.2, 0.25) is 29.4 Å². The van der Waals surface area contributed by atoms with Crippen LogP contribution in [0.25, 0.3) is 0 Å². The number of Topliss-reactive ketones (excluding diaryl/α,β-unsaturated/α-hetero) is 1. The van der Waals surface area contributed by atoms with Crippen LogP contribution in [0, 0.1) is 28.1 Å². The van der Waals surface area contributed by atoms with Crippen LogP contribution in [-0.4, -0.2) is 76.8 Å². The average molecular weight is 655 g/mol. The van der Waals surface area contributed by atoms with E-state index in [4.69, 9.17) is 0 Å². The van der Waals surface area contributed by atoms with E-state index in [-0.39, 0.29) is 56.1 Å². The number of hydrogen-bond donors (Lipinski definition) is 2. The van der Waals surface area contributed by atoms with Crippen molar-refractivity contribution in [3.8, 4) is 0 Å². The fraction of sp³-hybridized carbons (Fsp3) is 0.730. The number of unbranched alkanes of at least 4 members (excludes halogenated alkanes) is 1. The van der Waals surface area contributed by atoms with E-state index in [9.17, 15) is 28.8 Å². The molecule has 10 nitrogen and oxygen atoms in total. The zero-order valence-corrected chi connectivity index (χ0v) is 29.8. The minimum absolute atomic E-state index is 0.133. The number of carbonyl (C=O) groups is 6. The summed E-state index contributed by atoms with van der Waals surface area (Å²) in [5.41, 5.74) is -1.26. The first-order valence-corrected chi connectivity index (χ1v) is 17.5. The molecular formula is C37H58N4O6. The van der Waals surface area contributed by atoms with Crippen LogP contribution in [0.2, 0.25) is 0 Å². The molecule has 0 spiro atoms. The average Bonchev–Trinajstić information content (AvgIpc) is 3.48. The van der Waals surface area contributed by atoms with Crippen LogP contribution < -0.4 is 10.6 Å². The van der Waals surface area contributed by atoms with Crippen LogP contribution >= 0.6 is 0 Å². The summed E-state index contributed by atoms with van der Waals surface area (Å²) < 4.78 is 0. The Morgan fingerprint density at radius 2 is 1.66 bits per heavy atom. The number of likely N-dealkylation sites (tertiary alicyclic amines) is 1. The topological polar surface area (TPSA) is 133 Å². The smallest absolute Gasteiger partial charge is 0.289 e. The van der Waals surface area contributed by atoms with Gasteiger partial charge in [-0.25, -0.2) is 0 Å². The largest absolute Gasteiger partial charge is 0.346 e. The van der Waals surface area contributed by atoms with Crippen molar-refractivity contribution in [2.45, 2.75) is 125 Å². The molecule has 1 aliphatic carbocycles. The maximum atomic E-state index is 15.0. The molecular weight excluding hydrogens is 596 g/mol. The summed E-state index contributed by atoms with van der Waals surface area (Å²) in [4.78, 5) is 84.0. The summed E-state index contributed by atoms with van der Waals surface area (Å²) in [7, 11) is 0. The number of piperidine rings is 1. The Morgan fingerprint density at radius 1 is 1.04 bits per heavy atom. The molecule has 2 unspecified atom stereocenters. The molecule has 2 N–H and O–H groups in total. The first-order chi connectivity index (χ1) is 22.0. The standard InChI is InChI=1S/C37H58N4O6/c1-9-11-16-26(31(44)33(46)38-20-10-2)39-32(45)27-17-15-21-40(27)34(47)30(37(8)18-13-12-14-19-37)25(35(3,4)5)24-41-28(42)22-36(6,7)23-29(41)43/h10,15,17,25-27,30H,2,9,11-14,16,18-24H2,1,3-8H3,(H,38,46)(H,39,45)/t25-,26?,27-,30?/m0/s1. The zero-order chi connectivity index (χ0) is 35.2. The van der Waals surface area contributed by atoms with Crippen LogP contribution in [0.4, 0.5) is 0 Å². The van der Waals surface area contributed by atoms with E-state index >= 15 is 0 Å². The van der Waals surface area contributed by atoms with Crippen LogP contribution in [0.3, 0.4) is 0 Å². The van der Waals surface area contributed by atoms with Gasteiger partial charge in [0.1, 0.15) is 6.04 Å². The number of nitrogens with one attached hydrogen (secondary N) is 2. The molecule has 3 aliphatic rings. The minimum Gasteiger partial charge on any atom is -0.346 e. The highest BCUT2D eigenvalue weighted by Crippen LogP contribution is 2.51. The van der Waals surface area contributed by atoms with Crippen molar-refractivity contribution in [1.29, 1.82) is 0 Å². The van der Waals surface area contributed by atoms with Gasteiger partial charge < -0.3 is 15.5 Å². The molecule has 2 aliphatic heterocycles. The van der Waals surface area contributed by atoms with Crippen molar-refractivity contribution >= 4 is 35.3 Å². The molecule has 0 radical (unpaired) electrons. The lowest BCUT2D eigenvalue weighted by Gasteiger charge is -2.50. The Balaban J connectivity index is 1.95. The fourth-order valence-corrected chi connectivity index (χ4v) is 7.62. The molecule has 0 bridgehead atoms. The van der Waals surface area contributed by atoms with Crippen LogP contribution in [0.1, 0.15) is 113 Å². The SMILES string of the molecule is C=CCNC(=O)C(=O)C(CCCC)NC(=O)[C@@H]1C=CCN1C(=O)C([C@H](CN1C(=O)CC(C)(C)CC1=O)C(C)(C)C)C1(C)CCCCC1. The number of rotatable bonds is 14. The highest BCUT2D eigenvalue weighted by molar-refractivity contribution is 6.38. The number of amides is 5. The predicted molar refractivity (Wildman–Crippen MR) is 182 cm³/mol. The van der Waals surface area contributed by atoms with Gasteiger partial charge in [-0.15, -0.1) is 6.58 Å². The second-order valence-electron chi connectivity index (χ2n) is 16.0. The number of imide groups is 1. The molecule has 0 aromatic heterocycles. The Hall–Kier alpha value is -3.30. The molecule has 1 saturated heterocycles. The molecule has 4 atom stereocenters. The maximum absolute atomic E-state index is 15.0. The molecule has 1 saturated carbocycles. The van der Waals surface area contributed by atoms with Crippen molar-refractivity contribution in [3.63, 3.8) is 0 Å². The lowest BCUT2D eigenvalue weighted by atomic mass is 9.57. The highest BCUT2D eigenvalue weighted by Gasteiger charge is 2.52. The number of ketones is 1. The molecule has 5 amide bonds. The number of carbonyl (C=O) groups excluding carboxylic acids is 6. The monoisotopic (exact) mass is 654 g/mol. The van der Waals surface area contributed by atoms with Crippen molar-refractivity contribution in [1.82, 2.24) is 20.4 Å². The highest BCUT2D eigenvalue weighted by atomic mass is 16.2. The summed E-state index contributed by atoms with van der Waals surface area (Å²) in [6.07, 6.45) is 11.9. The number of hydrogen-bond acceptors (Lipinski definition) is 6. The molecule has 262 valence electrons. The van der Waals surface area contributed by atoms with Gasteiger partial charge in [-0.3, -0.25) is 33.7 Å². The van der Waals surface area contributed by atoms with Crippen molar-refractivity contribution in [2.75, 3.05) is 19.6 Å². The third-order valence-corrected chi connectivity index (χ3v) is 10.4. The van der Waals surface area contributed by atoms with E-state index in [2.05, 4.69) is 44.9 Å². The van der Waals surface area contributed by atoms with Gasteiger partial charge in [-0.1, -0.05) is 98.8 Å². The summed E-state index contributed by atoms with van der Waals surface area (Å²) in [6, 6.07) is -1.97. The molecule has 0 aromatic rings. The first kappa shape index (κ1) is 38.2. The van der Waals surface area contributed by atoms with Crippen LogP contribution in [0.15, 0.2) is 24.8 Å². The molecule has 3 rings (SSSR count). The Kier molecular flexibility index (Phi) is 12.8. The predicted octanol–water partition coefficient (Wildman–Crippen LogP) is 4.72. The quantitative estimate of drug-likeness (QED) is 0.158. The number of nitrogens with zero attached hydrogens (tertiary/aromatic N) is 2. The van der Waals surface area contributed by atoms with E-state index in [0.29, 0.717) is 12.8 Å². The maximum Gasteiger partial charge on any atom is 0.289 e. The second kappa shape index (κ2) is 15.7. The van der Waals surface area contributed by atoms with E-state index in [1.54, 1.807) is 17.1 Å². The van der Waals surface area contributed by atoms with E-state index in [1.807, 2.05) is 20.8 Å². The minimum atomic E-state index is -1.02. The van der Waals surface area contributed by atoms with Gasteiger partial charge in [0, 0.05) is 38.4 Å². The van der Waals surface area contributed by atoms with Gasteiger partial charge in [0.05, 0.1) is 6.04 Å². The Labute approximate surface area is 281 Å². The third kappa shape index (κ3) is 9.41. The lowest BCUT2D eigenvalue weighted by Crippen LogP contribution is -2.58. The molecule has 0 aromatic carbocycles. The second-order valence-corrected chi connectivity index (χ2v) is 16.0. The lowest BCUT2D eigenvalue weighted by molar-refractivity contribution is -0.160. The van der Waals surface area contributed by atoms with E-state index in [1.165, 1.54) is 11.0 Å².